The second kappa shape index (κ2) is 5.33. The summed E-state index contributed by atoms with van der Waals surface area (Å²) in [6.07, 6.45) is 0. The van der Waals surface area contributed by atoms with Crippen LogP contribution in [-0.4, -0.2) is 5.91 Å². The van der Waals surface area contributed by atoms with E-state index in [-0.39, 0.29) is 11.7 Å². The Balaban J connectivity index is 2.31. The number of hydrogen-bond acceptors (Lipinski definition) is 2. The molecule has 1 amide bonds. The summed E-state index contributed by atoms with van der Waals surface area (Å²) in [4.78, 5) is 12.3. The summed E-state index contributed by atoms with van der Waals surface area (Å²) in [6.45, 7) is 5.50. The van der Waals surface area contributed by atoms with Crippen molar-refractivity contribution in [3.63, 3.8) is 0 Å². The first-order chi connectivity index (χ1) is 9.38. The van der Waals surface area contributed by atoms with E-state index < -0.39 is 0 Å². The maximum atomic E-state index is 13.0. The molecule has 2 rings (SSSR count). The van der Waals surface area contributed by atoms with Crippen molar-refractivity contribution in [1.82, 2.24) is 0 Å². The second-order valence-electron chi connectivity index (χ2n) is 4.94. The van der Waals surface area contributed by atoms with E-state index in [1.807, 2.05) is 19.9 Å². The summed E-state index contributed by atoms with van der Waals surface area (Å²) >= 11 is 0. The molecule has 0 atom stereocenters. The maximum Gasteiger partial charge on any atom is 0.256 e. The van der Waals surface area contributed by atoms with Crippen molar-refractivity contribution in [3.05, 3.63) is 58.4 Å². The van der Waals surface area contributed by atoms with Crippen LogP contribution < -0.4 is 11.1 Å². The van der Waals surface area contributed by atoms with E-state index >= 15 is 0 Å². The first kappa shape index (κ1) is 14.1. The van der Waals surface area contributed by atoms with Crippen molar-refractivity contribution in [2.75, 3.05) is 11.1 Å². The highest BCUT2D eigenvalue weighted by Gasteiger charge is 2.12. The number of anilines is 2. The number of rotatable bonds is 2. The van der Waals surface area contributed by atoms with E-state index in [1.165, 1.54) is 12.1 Å². The number of aryl methyl sites for hydroxylation is 3. The highest BCUT2D eigenvalue weighted by Crippen LogP contribution is 2.21. The van der Waals surface area contributed by atoms with Crippen LogP contribution in [0.2, 0.25) is 0 Å². The molecule has 0 heterocycles. The highest BCUT2D eigenvalue weighted by atomic mass is 19.1. The van der Waals surface area contributed by atoms with Crippen molar-refractivity contribution in [2.45, 2.75) is 20.8 Å². The van der Waals surface area contributed by atoms with Gasteiger partial charge in [0.15, 0.2) is 0 Å². The molecule has 0 aliphatic rings. The van der Waals surface area contributed by atoms with Gasteiger partial charge in [0.1, 0.15) is 5.82 Å². The Bertz CT molecular complexity index is 680. The van der Waals surface area contributed by atoms with E-state index in [2.05, 4.69) is 5.32 Å². The normalized spacial score (nSPS) is 10.4. The predicted molar refractivity (Wildman–Crippen MR) is 79.4 cm³/mol. The molecule has 0 aliphatic carbocycles. The van der Waals surface area contributed by atoms with Gasteiger partial charge in [-0.05, 0) is 61.7 Å². The Kier molecular flexibility index (Phi) is 3.74. The van der Waals surface area contributed by atoms with Crippen molar-refractivity contribution in [1.29, 1.82) is 0 Å². The third-order valence-electron chi connectivity index (χ3n) is 3.29. The standard InChI is InChI=1S/C16H17FN2O/c1-9-6-10(2)14(18)8-13(9)16(20)19-15-5-4-12(17)7-11(15)3/h4-8H,18H2,1-3H3,(H,19,20). The minimum absolute atomic E-state index is 0.246. The first-order valence-corrected chi connectivity index (χ1v) is 6.32. The molecule has 0 bridgehead atoms. The first-order valence-electron chi connectivity index (χ1n) is 6.32. The summed E-state index contributed by atoms with van der Waals surface area (Å²) < 4.78 is 13.0. The molecule has 20 heavy (non-hydrogen) atoms. The maximum absolute atomic E-state index is 13.0. The third kappa shape index (κ3) is 2.79. The van der Waals surface area contributed by atoms with Gasteiger partial charge in [0, 0.05) is 16.9 Å². The highest BCUT2D eigenvalue weighted by molar-refractivity contribution is 6.06. The van der Waals surface area contributed by atoms with Gasteiger partial charge in [-0.1, -0.05) is 6.07 Å². The van der Waals surface area contributed by atoms with E-state index in [9.17, 15) is 9.18 Å². The average Bonchev–Trinajstić information content (AvgIpc) is 2.37. The summed E-state index contributed by atoms with van der Waals surface area (Å²) in [5.41, 5.74) is 10.0. The Hall–Kier alpha value is -2.36. The van der Waals surface area contributed by atoms with Crippen molar-refractivity contribution in [2.24, 2.45) is 0 Å². The van der Waals surface area contributed by atoms with Gasteiger partial charge in [0.25, 0.3) is 5.91 Å². The van der Waals surface area contributed by atoms with Gasteiger partial charge in [-0.15, -0.1) is 0 Å². The third-order valence-corrected chi connectivity index (χ3v) is 3.29. The second-order valence-corrected chi connectivity index (χ2v) is 4.94. The van der Waals surface area contributed by atoms with Crippen LogP contribution in [0.3, 0.4) is 0 Å². The Labute approximate surface area is 117 Å². The molecule has 0 spiro atoms. The molecule has 0 saturated carbocycles. The Morgan fingerprint density at radius 1 is 1.05 bits per heavy atom. The number of nitrogens with one attached hydrogen (secondary N) is 1. The van der Waals surface area contributed by atoms with Crippen LogP contribution in [0.5, 0.6) is 0 Å². The van der Waals surface area contributed by atoms with Crippen LogP contribution in [0.15, 0.2) is 30.3 Å². The molecule has 0 radical (unpaired) electrons. The van der Waals surface area contributed by atoms with Crippen LogP contribution in [0.25, 0.3) is 0 Å². The van der Waals surface area contributed by atoms with Gasteiger partial charge in [0.05, 0.1) is 0 Å². The SMILES string of the molecule is Cc1cc(C)c(C(=O)Nc2ccc(F)cc2C)cc1N. The minimum Gasteiger partial charge on any atom is -0.398 e. The molecule has 0 aliphatic heterocycles. The molecule has 2 aromatic rings. The number of benzene rings is 2. The molecule has 2 aromatic carbocycles. The quantitative estimate of drug-likeness (QED) is 0.821. The zero-order valence-electron chi connectivity index (χ0n) is 11.8. The molecule has 0 unspecified atom stereocenters. The molecule has 3 N–H and O–H groups in total. The van der Waals surface area contributed by atoms with E-state index in [1.54, 1.807) is 19.1 Å². The van der Waals surface area contributed by atoms with Crippen LogP contribution in [0.1, 0.15) is 27.0 Å². The summed E-state index contributed by atoms with van der Waals surface area (Å²) in [5.74, 6) is -0.569. The van der Waals surface area contributed by atoms with Crippen LogP contribution in [0.4, 0.5) is 15.8 Å². The molecule has 3 nitrogen and oxygen atoms in total. The minimum atomic E-state index is -0.323. The Morgan fingerprint density at radius 2 is 1.75 bits per heavy atom. The van der Waals surface area contributed by atoms with Crippen LogP contribution in [-0.2, 0) is 0 Å². The van der Waals surface area contributed by atoms with E-state index in [4.69, 9.17) is 5.73 Å². The van der Waals surface area contributed by atoms with E-state index in [0.717, 1.165) is 11.1 Å². The number of nitrogen functional groups attached to an aromatic ring is 1. The number of carbonyl (C=O) groups is 1. The fourth-order valence-electron chi connectivity index (χ4n) is 2.07. The largest absolute Gasteiger partial charge is 0.398 e. The lowest BCUT2D eigenvalue weighted by atomic mass is 10.0. The van der Waals surface area contributed by atoms with Gasteiger partial charge < -0.3 is 11.1 Å². The van der Waals surface area contributed by atoms with E-state index in [0.29, 0.717) is 22.5 Å². The molecule has 0 fully saturated rings. The molecule has 4 heteroatoms. The molecule has 0 aromatic heterocycles. The van der Waals surface area contributed by atoms with Crippen molar-refractivity contribution in [3.8, 4) is 0 Å². The van der Waals surface area contributed by atoms with Gasteiger partial charge in [-0.25, -0.2) is 4.39 Å². The number of nitrogens with two attached hydrogens (primary N) is 1. The summed E-state index contributed by atoms with van der Waals surface area (Å²) in [5, 5.41) is 2.78. The Morgan fingerprint density at radius 3 is 2.40 bits per heavy atom. The lowest BCUT2D eigenvalue weighted by molar-refractivity contribution is 0.102. The van der Waals surface area contributed by atoms with Gasteiger partial charge in [0.2, 0.25) is 0 Å². The molecular weight excluding hydrogens is 255 g/mol. The number of carbonyl (C=O) groups excluding carboxylic acids is 1. The summed E-state index contributed by atoms with van der Waals surface area (Å²) in [6, 6.07) is 7.79. The monoisotopic (exact) mass is 272 g/mol. The zero-order valence-corrected chi connectivity index (χ0v) is 11.8. The van der Waals surface area contributed by atoms with Gasteiger partial charge in [-0.3, -0.25) is 4.79 Å². The lowest BCUT2D eigenvalue weighted by Gasteiger charge is -2.12. The molecule has 104 valence electrons. The molecule has 0 saturated heterocycles. The predicted octanol–water partition coefficient (Wildman–Crippen LogP) is 3.59. The van der Waals surface area contributed by atoms with Crippen molar-refractivity contribution < 1.29 is 9.18 Å². The number of amides is 1. The number of hydrogen-bond donors (Lipinski definition) is 2. The van der Waals surface area contributed by atoms with Crippen molar-refractivity contribution >= 4 is 17.3 Å². The lowest BCUT2D eigenvalue weighted by Crippen LogP contribution is -2.15. The van der Waals surface area contributed by atoms with Gasteiger partial charge >= 0.3 is 0 Å². The number of halogens is 1. The fourth-order valence-corrected chi connectivity index (χ4v) is 2.07. The topological polar surface area (TPSA) is 55.1 Å². The molecular formula is C16H17FN2O. The zero-order chi connectivity index (χ0) is 14.9. The summed E-state index contributed by atoms with van der Waals surface area (Å²) in [7, 11) is 0. The average molecular weight is 272 g/mol. The van der Waals surface area contributed by atoms with Gasteiger partial charge in [-0.2, -0.15) is 0 Å². The fraction of sp³-hybridized carbons (Fsp3) is 0.188. The van der Waals surface area contributed by atoms with Crippen LogP contribution >= 0.6 is 0 Å². The smallest absolute Gasteiger partial charge is 0.256 e. The van der Waals surface area contributed by atoms with Crippen LogP contribution in [0, 0.1) is 26.6 Å².